The average molecular weight is 242 g/mol. The molecule has 1 N–H and O–H groups in total. The first kappa shape index (κ1) is 13.9. The van der Waals surface area contributed by atoms with Crippen molar-refractivity contribution in [3.8, 4) is 0 Å². The molecule has 0 aromatic heterocycles. The van der Waals surface area contributed by atoms with Crippen LogP contribution >= 0.6 is 17.9 Å². The van der Waals surface area contributed by atoms with Crippen LogP contribution in [0.15, 0.2) is 0 Å². The van der Waals surface area contributed by atoms with Crippen molar-refractivity contribution in [2.75, 3.05) is 0 Å². The SMILES string of the molecule is CCCCCC(CC)OP(O)(=S)S. The summed E-state index contributed by atoms with van der Waals surface area (Å²) in [5.74, 6) is 0. The highest BCUT2D eigenvalue weighted by Gasteiger charge is 2.14. The monoisotopic (exact) mass is 242 g/mol. The van der Waals surface area contributed by atoms with E-state index in [1.165, 1.54) is 12.8 Å². The molecule has 0 aliphatic heterocycles. The largest absolute Gasteiger partial charge is 0.338 e. The van der Waals surface area contributed by atoms with E-state index in [1.807, 2.05) is 6.92 Å². The van der Waals surface area contributed by atoms with Crippen LogP contribution in [0.25, 0.3) is 0 Å². The summed E-state index contributed by atoms with van der Waals surface area (Å²) in [6.07, 6.45) is 5.50. The molecule has 5 heteroatoms. The van der Waals surface area contributed by atoms with Gasteiger partial charge in [0.15, 0.2) is 0 Å². The Balaban J connectivity index is 3.70. The Hall–Kier alpha value is 0.920. The van der Waals surface area contributed by atoms with Crippen molar-refractivity contribution in [3.05, 3.63) is 0 Å². The Kier molecular flexibility index (Phi) is 7.76. The van der Waals surface area contributed by atoms with Gasteiger partial charge in [0.25, 0.3) is 0 Å². The molecule has 80 valence electrons. The summed E-state index contributed by atoms with van der Waals surface area (Å²) in [5.41, 5.74) is -2.76. The zero-order chi connectivity index (χ0) is 10.3. The third kappa shape index (κ3) is 9.23. The first-order chi connectivity index (χ1) is 5.99. The summed E-state index contributed by atoms with van der Waals surface area (Å²) in [5, 5.41) is 0. The first-order valence-electron chi connectivity index (χ1n) is 4.73. The van der Waals surface area contributed by atoms with Crippen LogP contribution < -0.4 is 0 Å². The van der Waals surface area contributed by atoms with E-state index in [2.05, 4.69) is 19.2 Å². The van der Waals surface area contributed by atoms with E-state index in [0.717, 1.165) is 19.3 Å². The molecule has 0 spiro atoms. The Morgan fingerprint density at radius 1 is 1.46 bits per heavy atom. The van der Waals surface area contributed by atoms with Crippen LogP contribution in [-0.4, -0.2) is 11.0 Å². The number of hydrogen-bond acceptors (Lipinski definition) is 2. The second-order valence-electron chi connectivity index (χ2n) is 3.12. The maximum atomic E-state index is 9.24. The number of unbranched alkanes of at least 4 members (excludes halogenated alkanes) is 2. The van der Waals surface area contributed by atoms with Gasteiger partial charge >= 0.3 is 0 Å². The summed E-state index contributed by atoms with van der Waals surface area (Å²) in [6, 6.07) is 0. The van der Waals surface area contributed by atoms with Crippen LogP contribution in [0.1, 0.15) is 46.0 Å². The molecular formula is C8H19O2PS2. The van der Waals surface area contributed by atoms with Crippen molar-refractivity contribution in [3.63, 3.8) is 0 Å². The Labute approximate surface area is 91.4 Å². The van der Waals surface area contributed by atoms with Gasteiger partial charge < -0.3 is 9.42 Å². The molecule has 0 fully saturated rings. The van der Waals surface area contributed by atoms with Crippen LogP contribution in [0.5, 0.6) is 0 Å². The van der Waals surface area contributed by atoms with Crippen molar-refractivity contribution in [1.82, 2.24) is 0 Å². The van der Waals surface area contributed by atoms with Gasteiger partial charge in [0, 0.05) is 0 Å². The summed E-state index contributed by atoms with van der Waals surface area (Å²) < 4.78 is 5.28. The molecule has 0 amide bonds. The lowest BCUT2D eigenvalue weighted by Crippen LogP contribution is -2.08. The van der Waals surface area contributed by atoms with Gasteiger partial charge in [-0.2, -0.15) is 0 Å². The fourth-order valence-electron chi connectivity index (χ4n) is 1.15. The highest BCUT2D eigenvalue weighted by atomic mass is 32.9. The molecule has 0 heterocycles. The standard InChI is InChI=1S/C8H19O2PS2/c1-3-5-6-7-8(4-2)10-11(9,12)13/h8H,3-7H2,1-2H3,(H2,9,12,13). The van der Waals surface area contributed by atoms with Crippen molar-refractivity contribution in [2.45, 2.75) is 52.1 Å². The van der Waals surface area contributed by atoms with Crippen LogP contribution in [0.3, 0.4) is 0 Å². The average Bonchev–Trinajstić information content (AvgIpc) is 2.01. The Morgan fingerprint density at radius 2 is 2.08 bits per heavy atom. The molecule has 0 aliphatic carbocycles. The van der Waals surface area contributed by atoms with Crippen LogP contribution in [0.2, 0.25) is 0 Å². The molecule has 0 saturated carbocycles. The molecule has 0 aromatic rings. The van der Waals surface area contributed by atoms with Gasteiger partial charge in [0.05, 0.1) is 6.10 Å². The maximum absolute atomic E-state index is 9.24. The summed E-state index contributed by atoms with van der Waals surface area (Å²) >= 11 is 8.57. The Bertz CT molecular complexity index is 170. The third-order valence-corrected chi connectivity index (χ3v) is 2.99. The predicted molar refractivity (Wildman–Crippen MR) is 64.8 cm³/mol. The number of rotatable bonds is 7. The van der Waals surface area contributed by atoms with E-state index in [1.54, 1.807) is 0 Å². The van der Waals surface area contributed by atoms with Gasteiger partial charge in [-0.25, -0.2) is 0 Å². The molecule has 2 unspecified atom stereocenters. The molecule has 0 rings (SSSR count). The minimum absolute atomic E-state index is 0.0832. The molecule has 2 atom stereocenters. The highest BCUT2D eigenvalue weighted by molar-refractivity contribution is 8.59. The third-order valence-electron chi connectivity index (χ3n) is 1.87. The minimum atomic E-state index is -2.76. The van der Waals surface area contributed by atoms with Crippen LogP contribution in [0, 0.1) is 0 Å². The summed E-state index contributed by atoms with van der Waals surface area (Å²) in [6.45, 7) is 4.20. The molecule has 0 bridgehead atoms. The smallest absolute Gasteiger partial charge is 0.241 e. The molecule has 2 nitrogen and oxygen atoms in total. The zero-order valence-corrected chi connectivity index (χ0v) is 10.9. The van der Waals surface area contributed by atoms with Gasteiger partial charge in [-0.3, -0.25) is 0 Å². The van der Waals surface area contributed by atoms with E-state index in [4.69, 9.17) is 16.3 Å². The van der Waals surface area contributed by atoms with Crippen molar-refractivity contribution in [2.24, 2.45) is 0 Å². The van der Waals surface area contributed by atoms with Gasteiger partial charge in [0.2, 0.25) is 5.69 Å². The second-order valence-corrected chi connectivity index (χ2v) is 8.24. The quantitative estimate of drug-likeness (QED) is 0.407. The fourth-order valence-corrected chi connectivity index (χ4v) is 2.56. The topological polar surface area (TPSA) is 29.5 Å². The Morgan fingerprint density at radius 3 is 2.46 bits per heavy atom. The van der Waals surface area contributed by atoms with Gasteiger partial charge in [-0.15, -0.1) is 0 Å². The van der Waals surface area contributed by atoms with Crippen molar-refractivity contribution >= 4 is 29.7 Å². The minimum Gasteiger partial charge on any atom is -0.338 e. The zero-order valence-electron chi connectivity index (χ0n) is 8.27. The normalized spacial score (nSPS) is 18.2. The van der Waals surface area contributed by atoms with E-state index >= 15 is 0 Å². The molecule has 0 saturated heterocycles. The lowest BCUT2D eigenvalue weighted by Gasteiger charge is -2.18. The fraction of sp³-hybridized carbons (Fsp3) is 1.00. The lowest BCUT2D eigenvalue weighted by atomic mass is 10.1. The van der Waals surface area contributed by atoms with Crippen molar-refractivity contribution in [1.29, 1.82) is 0 Å². The number of hydrogen-bond donors (Lipinski definition) is 2. The van der Waals surface area contributed by atoms with Gasteiger partial charge in [-0.05, 0) is 24.6 Å². The van der Waals surface area contributed by atoms with E-state index in [9.17, 15) is 4.89 Å². The van der Waals surface area contributed by atoms with Crippen LogP contribution in [-0.2, 0) is 16.3 Å². The molecule has 13 heavy (non-hydrogen) atoms. The predicted octanol–water partition coefficient (Wildman–Crippen LogP) is 3.51. The molecule has 0 aliphatic rings. The van der Waals surface area contributed by atoms with Crippen molar-refractivity contribution < 1.29 is 9.42 Å². The van der Waals surface area contributed by atoms with E-state index in [-0.39, 0.29) is 6.10 Å². The lowest BCUT2D eigenvalue weighted by molar-refractivity contribution is 0.189. The van der Waals surface area contributed by atoms with Gasteiger partial charge in [0.1, 0.15) is 0 Å². The van der Waals surface area contributed by atoms with Crippen LogP contribution in [0.4, 0.5) is 0 Å². The summed E-state index contributed by atoms with van der Waals surface area (Å²) in [4.78, 5) is 9.24. The molecule has 0 aromatic carbocycles. The number of thiol groups is 1. The molecular weight excluding hydrogens is 223 g/mol. The summed E-state index contributed by atoms with van der Waals surface area (Å²) in [7, 11) is 0. The highest BCUT2D eigenvalue weighted by Crippen LogP contribution is 2.49. The first-order valence-corrected chi connectivity index (χ1v) is 8.56. The maximum Gasteiger partial charge on any atom is 0.241 e. The van der Waals surface area contributed by atoms with E-state index in [0.29, 0.717) is 0 Å². The second kappa shape index (κ2) is 7.24. The van der Waals surface area contributed by atoms with Gasteiger partial charge in [-0.1, -0.05) is 45.4 Å². The van der Waals surface area contributed by atoms with E-state index < -0.39 is 5.69 Å². The molecule has 0 radical (unpaired) electrons.